The second-order valence-corrected chi connectivity index (χ2v) is 8.46. The molecular weight excluding hydrogens is 274 g/mol. The fourth-order valence-corrected chi connectivity index (χ4v) is 4.29. The van der Waals surface area contributed by atoms with Gasteiger partial charge in [0.1, 0.15) is 5.69 Å². The van der Waals surface area contributed by atoms with Crippen LogP contribution in [0.5, 0.6) is 0 Å². The van der Waals surface area contributed by atoms with Crippen molar-refractivity contribution < 1.29 is 4.79 Å². The van der Waals surface area contributed by atoms with E-state index in [0.717, 1.165) is 25.9 Å². The van der Waals surface area contributed by atoms with Crippen molar-refractivity contribution in [3.8, 4) is 0 Å². The molecule has 1 aliphatic rings. The highest BCUT2D eigenvalue weighted by Gasteiger charge is 2.51. The van der Waals surface area contributed by atoms with Gasteiger partial charge < -0.3 is 4.90 Å². The lowest BCUT2D eigenvalue weighted by atomic mass is 9.50. The molecule has 1 aromatic rings. The van der Waals surface area contributed by atoms with Gasteiger partial charge in [-0.3, -0.25) is 9.78 Å². The maximum Gasteiger partial charge on any atom is 0.274 e. The van der Waals surface area contributed by atoms with Gasteiger partial charge >= 0.3 is 0 Å². The summed E-state index contributed by atoms with van der Waals surface area (Å²) in [5, 5.41) is 0. The summed E-state index contributed by atoms with van der Waals surface area (Å²) in [6.07, 6.45) is 6.79. The minimum Gasteiger partial charge on any atom is -0.337 e. The first-order chi connectivity index (χ1) is 10.1. The number of hydrogen-bond donors (Lipinski definition) is 0. The summed E-state index contributed by atoms with van der Waals surface area (Å²) in [6, 6.07) is 0. The molecule has 2 heterocycles. The Morgan fingerprint density at radius 2 is 1.59 bits per heavy atom. The van der Waals surface area contributed by atoms with Gasteiger partial charge in [-0.2, -0.15) is 0 Å². The molecular formula is C18H29N3O. The summed E-state index contributed by atoms with van der Waals surface area (Å²) in [4.78, 5) is 22.6. The molecule has 0 saturated carbocycles. The summed E-state index contributed by atoms with van der Waals surface area (Å²) in [5.41, 5.74) is 1.11. The van der Waals surface area contributed by atoms with E-state index in [2.05, 4.69) is 51.5 Å². The lowest BCUT2D eigenvalue weighted by Gasteiger charge is -2.57. The van der Waals surface area contributed by atoms with Crippen LogP contribution in [0.25, 0.3) is 0 Å². The van der Waals surface area contributed by atoms with Crippen LogP contribution < -0.4 is 0 Å². The zero-order chi connectivity index (χ0) is 16.6. The van der Waals surface area contributed by atoms with Crippen molar-refractivity contribution in [1.82, 2.24) is 14.9 Å². The van der Waals surface area contributed by atoms with Crippen LogP contribution in [-0.4, -0.2) is 33.9 Å². The van der Waals surface area contributed by atoms with Crippen molar-refractivity contribution in [3.63, 3.8) is 0 Å². The normalized spacial score (nSPS) is 19.1. The van der Waals surface area contributed by atoms with Crippen molar-refractivity contribution in [1.29, 1.82) is 0 Å². The Morgan fingerprint density at radius 3 is 2.00 bits per heavy atom. The van der Waals surface area contributed by atoms with E-state index in [-0.39, 0.29) is 22.2 Å². The lowest BCUT2D eigenvalue weighted by Crippen LogP contribution is -2.54. The van der Waals surface area contributed by atoms with Crippen LogP contribution in [0.4, 0.5) is 0 Å². The number of amides is 1. The third kappa shape index (κ3) is 2.88. The predicted octanol–water partition coefficient (Wildman–Crippen LogP) is 3.79. The van der Waals surface area contributed by atoms with Crippen LogP contribution in [0.1, 0.15) is 64.9 Å². The summed E-state index contributed by atoms with van der Waals surface area (Å²) in [6.45, 7) is 15.6. The molecule has 0 N–H and O–H groups in total. The molecule has 1 saturated heterocycles. The molecule has 0 unspecified atom stereocenters. The molecule has 2 rings (SSSR count). The van der Waals surface area contributed by atoms with Gasteiger partial charge in [-0.05, 0) is 29.1 Å². The molecule has 1 amide bonds. The van der Waals surface area contributed by atoms with Gasteiger partial charge in [-0.1, -0.05) is 41.5 Å². The summed E-state index contributed by atoms with van der Waals surface area (Å²) >= 11 is 0. The number of carbonyl (C=O) groups is 1. The summed E-state index contributed by atoms with van der Waals surface area (Å²) in [5.74, 6) is 0.00418. The SMILES string of the molecule is CC(C)(C)C1(C(C)(C)C)CCN(C(=O)c2cnccn2)CC1. The van der Waals surface area contributed by atoms with Crippen molar-refractivity contribution in [3.05, 3.63) is 24.3 Å². The molecule has 0 atom stereocenters. The lowest BCUT2D eigenvalue weighted by molar-refractivity contribution is -0.0764. The van der Waals surface area contributed by atoms with E-state index in [0.29, 0.717) is 5.69 Å². The van der Waals surface area contributed by atoms with Crippen molar-refractivity contribution >= 4 is 5.91 Å². The molecule has 122 valence electrons. The quantitative estimate of drug-likeness (QED) is 0.793. The van der Waals surface area contributed by atoms with Crippen LogP contribution in [0.15, 0.2) is 18.6 Å². The van der Waals surface area contributed by atoms with Gasteiger partial charge in [-0.25, -0.2) is 4.98 Å². The molecule has 0 radical (unpaired) electrons. The molecule has 1 aromatic heterocycles. The third-order valence-corrected chi connectivity index (χ3v) is 5.56. The van der Waals surface area contributed by atoms with Gasteiger partial charge in [0.25, 0.3) is 5.91 Å². The fourth-order valence-electron chi connectivity index (χ4n) is 4.29. The molecule has 0 bridgehead atoms. The van der Waals surface area contributed by atoms with Crippen molar-refractivity contribution in [2.45, 2.75) is 54.4 Å². The molecule has 0 spiro atoms. The fraction of sp³-hybridized carbons (Fsp3) is 0.722. The monoisotopic (exact) mass is 303 g/mol. The van der Waals surface area contributed by atoms with Crippen LogP contribution in [0, 0.1) is 16.2 Å². The smallest absolute Gasteiger partial charge is 0.274 e. The average molecular weight is 303 g/mol. The Balaban J connectivity index is 2.17. The Hall–Kier alpha value is -1.45. The zero-order valence-corrected chi connectivity index (χ0v) is 14.8. The molecule has 4 heteroatoms. The van der Waals surface area contributed by atoms with E-state index in [1.54, 1.807) is 18.6 Å². The zero-order valence-electron chi connectivity index (χ0n) is 14.8. The summed E-state index contributed by atoms with van der Waals surface area (Å²) in [7, 11) is 0. The summed E-state index contributed by atoms with van der Waals surface area (Å²) < 4.78 is 0. The Bertz CT molecular complexity index is 502. The van der Waals surface area contributed by atoms with Crippen LogP contribution in [0.2, 0.25) is 0 Å². The number of rotatable bonds is 1. The van der Waals surface area contributed by atoms with E-state index in [1.165, 1.54) is 0 Å². The Labute approximate surface area is 134 Å². The van der Waals surface area contributed by atoms with Crippen LogP contribution in [-0.2, 0) is 0 Å². The molecule has 22 heavy (non-hydrogen) atoms. The standard InChI is InChI=1S/C18H29N3O/c1-16(2,3)18(17(4,5)6)7-11-21(12-8-18)15(22)14-13-19-9-10-20-14/h9-10,13H,7-8,11-12H2,1-6H3. The minimum atomic E-state index is 0.00418. The van der Waals surface area contributed by atoms with E-state index in [1.807, 2.05) is 4.90 Å². The number of nitrogens with zero attached hydrogens (tertiary/aromatic N) is 3. The van der Waals surface area contributed by atoms with Crippen LogP contribution >= 0.6 is 0 Å². The van der Waals surface area contributed by atoms with Gasteiger partial charge in [0.2, 0.25) is 0 Å². The maximum atomic E-state index is 12.5. The Kier molecular flexibility index (Phi) is 4.33. The number of carbonyl (C=O) groups excluding carboxylic acids is 1. The van der Waals surface area contributed by atoms with Crippen LogP contribution in [0.3, 0.4) is 0 Å². The number of likely N-dealkylation sites (tertiary alicyclic amines) is 1. The molecule has 1 fully saturated rings. The van der Waals surface area contributed by atoms with Gasteiger partial charge in [0.15, 0.2) is 0 Å². The van der Waals surface area contributed by atoms with Gasteiger partial charge in [0.05, 0.1) is 6.20 Å². The maximum absolute atomic E-state index is 12.5. The molecule has 0 aromatic carbocycles. The van der Waals surface area contributed by atoms with E-state index < -0.39 is 0 Å². The molecule has 4 nitrogen and oxygen atoms in total. The highest BCUT2D eigenvalue weighted by molar-refractivity contribution is 5.92. The first kappa shape index (κ1) is 16.9. The van der Waals surface area contributed by atoms with E-state index in [9.17, 15) is 4.79 Å². The Morgan fingerprint density at radius 1 is 1.05 bits per heavy atom. The first-order valence-electron chi connectivity index (χ1n) is 8.14. The average Bonchev–Trinajstić information content (AvgIpc) is 2.45. The van der Waals surface area contributed by atoms with Gasteiger partial charge in [0, 0.05) is 25.5 Å². The largest absolute Gasteiger partial charge is 0.337 e. The van der Waals surface area contributed by atoms with E-state index >= 15 is 0 Å². The predicted molar refractivity (Wildman–Crippen MR) is 88.5 cm³/mol. The van der Waals surface area contributed by atoms with Crippen molar-refractivity contribution in [2.75, 3.05) is 13.1 Å². The highest BCUT2D eigenvalue weighted by Crippen LogP contribution is 2.57. The van der Waals surface area contributed by atoms with Gasteiger partial charge in [-0.15, -0.1) is 0 Å². The molecule has 1 aliphatic heterocycles. The second-order valence-electron chi connectivity index (χ2n) is 8.46. The number of aromatic nitrogens is 2. The third-order valence-electron chi connectivity index (χ3n) is 5.56. The number of hydrogen-bond acceptors (Lipinski definition) is 3. The minimum absolute atomic E-state index is 0.00418. The van der Waals surface area contributed by atoms with E-state index in [4.69, 9.17) is 0 Å². The number of piperidine rings is 1. The topological polar surface area (TPSA) is 46.1 Å². The highest BCUT2D eigenvalue weighted by atomic mass is 16.2. The second kappa shape index (κ2) is 5.64. The first-order valence-corrected chi connectivity index (χ1v) is 8.14. The molecule has 0 aliphatic carbocycles. The van der Waals surface area contributed by atoms with Crippen molar-refractivity contribution in [2.24, 2.45) is 16.2 Å².